The summed E-state index contributed by atoms with van der Waals surface area (Å²) in [5.41, 5.74) is 0. The van der Waals surface area contributed by atoms with E-state index in [9.17, 15) is 9.90 Å². The number of likely N-dealkylation sites (tertiary alicyclic amines) is 1. The van der Waals surface area contributed by atoms with E-state index in [0.717, 1.165) is 6.54 Å². The van der Waals surface area contributed by atoms with Crippen molar-refractivity contribution in [3.63, 3.8) is 0 Å². The number of likely N-dealkylation sites (N-methyl/N-ethyl adjacent to an activating group) is 1. The molecule has 1 aliphatic heterocycles. The molecule has 0 spiro atoms. The van der Waals surface area contributed by atoms with Crippen molar-refractivity contribution in [2.75, 3.05) is 27.2 Å². The van der Waals surface area contributed by atoms with Crippen molar-refractivity contribution in [2.24, 2.45) is 5.92 Å². The Morgan fingerprint density at radius 1 is 1.53 bits per heavy atom. The lowest BCUT2D eigenvalue weighted by Gasteiger charge is -2.29. The minimum absolute atomic E-state index is 0.100. The maximum absolute atomic E-state index is 12.3. The fraction of sp³-hybridized carbons (Fsp3) is 0.917. The fourth-order valence-corrected chi connectivity index (χ4v) is 2.46. The number of β-amino-alcohol motifs (C(OH)–C–C–N with tert-alkyl or cyclic N) is 1. The Morgan fingerprint density at radius 2 is 2.12 bits per heavy atom. The van der Waals surface area contributed by atoms with Crippen molar-refractivity contribution in [3.8, 4) is 0 Å². The van der Waals surface area contributed by atoms with Gasteiger partial charge in [0.2, 0.25) is 5.91 Å². The second kappa shape index (κ2) is 6.16. The minimum Gasteiger partial charge on any atom is -0.391 e. The predicted octanol–water partition coefficient (Wildman–Crippen LogP) is 0.929. The van der Waals surface area contributed by atoms with Crippen LogP contribution in [0.2, 0.25) is 0 Å². The van der Waals surface area contributed by atoms with E-state index < -0.39 is 0 Å². The summed E-state index contributed by atoms with van der Waals surface area (Å²) in [6.07, 6.45) is 0.303. The molecule has 0 aromatic heterocycles. The first-order valence-corrected chi connectivity index (χ1v) is 7.01. The van der Waals surface area contributed by atoms with Crippen LogP contribution < -0.4 is 0 Å². The molecule has 5 heteroatoms. The summed E-state index contributed by atoms with van der Waals surface area (Å²) < 4.78 is 0. The molecule has 1 aliphatic rings. The van der Waals surface area contributed by atoms with Crippen molar-refractivity contribution in [1.82, 2.24) is 9.80 Å². The molecule has 1 rings (SSSR count). The topological polar surface area (TPSA) is 43.8 Å². The smallest absolute Gasteiger partial charge is 0.236 e. The summed E-state index contributed by atoms with van der Waals surface area (Å²) in [5, 5.41) is 9.72. The molecule has 0 aromatic rings. The van der Waals surface area contributed by atoms with Crippen LogP contribution in [0.1, 0.15) is 20.3 Å². The Morgan fingerprint density at radius 3 is 2.59 bits per heavy atom. The van der Waals surface area contributed by atoms with Gasteiger partial charge < -0.3 is 14.9 Å². The van der Waals surface area contributed by atoms with Crippen LogP contribution in [-0.4, -0.2) is 65.0 Å². The molecule has 17 heavy (non-hydrogen) atoms. The van der Waals surface area contributed by atoms with Gasteiger partial charge in [-0.25, -0.2) is 0 Å². The summed E-state index contributed by atoms with van der Waals surface area (Å²) in [5.74, 6) is 0.364. The third kappa shape index (κ3) is 3.93. The molecule has 1 N–H and O–H groups in total. The summed E-state index contributed by atoms with van der Waals surface area (Å²) >= 11 is 3.44. The Labute approximate surface area is 112 Å². The highest BCUT2D eigenvalue weighted by atomic mass is 79.9. The van der Waals surface area contributed by atoms with Crippen molar-refractivity contribution in [1.29, 1.82) is 0 Å². The molecule has 100 valence electrons. The Bertz CT molecular complexity index is 271. The zero-order valence-electron chi connectivity index (χ0n) is 11.1. The second-order valence-electron chi connectivity index (χ2n) is 5.44. The van der Waals surface area contributed by atoms with Crippen LogP contribution in [0, 0.1) is 5.92 Å². The number of hydrogen-bond acceptors (Lipinski definition) is 3. The average molecular weight is 307 g/mol. The second-order valence-corrected chi connectivity index (χ2v) is 6.43. The molecule has 1 fully saturated rings. The summed E-state index contributed by atoms with van der Waals surface area (Å²) in [6, 6.07) is 0.131. The van der Waals surface area contributed by atoms with Gasteiger partial charge in [-0.05, 0) is 26.4 Å². The van der Waals surface area contributed by atoms with E-state index in [1.807, 2.05) is 32.8 Å². The number of hydrogen-bond donors (Lipinski definition) is 1. The first-order chi connectivity index (χ1) is 7.82. The molecule has 0 aromatic carbocycles. The van der Waals surface area contributed by atoms with Gasteiger partial charge >= 0.3 is 0 Å². The van der Waals surface area contributed by atoms with Gasteiger partial charge in [-0.2, -0.15) is 0 Å². The first-order valence-electron chi connectivity index (χ1n) is 6.10. The van der Waals surface area contributed by atoms with Gasteiger partial charge in [0.25, 0.3) is 0 Å². The molecule has 0 aliphatic carbocycles. The van der Waals surface area contributed by atoms with Gasteiger partial charge in [0.05, 0.1) is 10.9 Å². The minimum atomic E-state index is -0.379. The number of rotatable bonds is 4. The van der Waals surface area contributed by atoms with E-state index in [4.69, 9.17) is 0 Å². The van der Waals surface area contributed by atoms with Crippen LogP contribution in [0.4, 0.5) is 0 Å². The number of carbonyl (C=O) groups excluding carboxylic acids is 1. The van der Waals surface area contributed by atoms with E-state index >= 15 is 0 Å². The van der Waals surface area contributed by atoms with Crippen LogP contribution in [0.25, 0.3) is 0 Å². The highest BCUT2D eigenvalue weighted by Crippen LogP contribution is 2.23. The van der Waals surface area contributed by atoms with E-state index in [0.29, 0.717) is 13.0 Å². The van der Waals surface area contributed by atoms with E-state index in [2.05, 4.69) is 20.8 Å². The Balaban J connectivity index is 2.69. The molecule has 1 saturated heterocycles. The van der Waals surface area contributed by atoms with Gasteiger partial charge in [-0.1, -0.05) is 29.8 Å². The monoisotopic (exact) mass is 306 g/mol. The zero-order valence-corrected chi connectivity index (χ0v) is 12.6. The van der Waals surface area contributed by atoms with Gasteiger partial charge in [0.15, 0.2) is 0 Å². The summed E-state index contributed by atoms with van der Waals surface area (Å²) in [4.78, 5) is 16.0. The number of alkyl halides is 1. The van der Waals surface area contributed by atoms with E-state index in [1.54, 1.807) is 0 Å². The van der Waals surface area contributed by atoms with Crippen molar-refractivity contribution < 1.29 is 9.90 Å². The quantitative estimate of drug-likeness (QED) is 0.786. The maximum Gasteiger partial charge on any atom is 0.236 e. The van der Waals surface area contributed by atoms with Crippen LogP contribution in [0.5, 0.6) is 0 Å². The zero-order chi connectivity index (χ0) is 13.2. The van der Waals surface area contributed by atoms with E-state index in [1.165, 1.54) is 0 Å². The van der Waals surface area contributed by atoms with Gasteiger partial charge in [-0.3, -0.25) is 4.79 Å². The molecular weight excluding hydrogens is 284 g/mol. The third-order valence-electron chi connectivity index (χ3n) is 3.07. The number of halogens is 1. The van der Waals surface area contributed by atoms with Crippen molar-refractivity contribution >= 4 is 21.8 Å². The lowest BCUT2D eigenvalue weighted by molar-refractivity contribution is -0.132. The molecule has 1 heterocycles. The Hall–Kier alpha value is -0.130. The van der Waals surface area contributed by atoms with Crippen LogP contribution in [0.3, 0.4) is 0 Å². The lowest BCUT2D eigenvalue weighted by Crippen LogP contribution is -2.45. The SMILES string of the molecule is CC(C)C(Br)C(=O)N1CC(O)CC1CN(C)C. The van der Waals surface area contributed by atoms with Crippen LogP contribution in [0.15, 0.2) is 0 Å². The third-order valence-corrected chi connectivity index (χ3v) is 4.52. The highest BCUT2D eigenvalue weighted by molar-refractivity contribution is 9.10. The number of amides is 1. The molecule has 0 radical (unpaired) electrons. The maximum atomic E-state index is 12.3. The molecule has 3 unspecified atom stereocenters. The summed E-state index contributed by atoms with van der Waals surface area (Å²) in [7, 11) is 3.98. The van der Waals surface area contributed by atoms with Gasteiger partial charge in [0, 0.05) is 19.1 Å². The van der Waals surface area contributed by atoms with Crippen molar-refractivity contribution in [3.05, 3.63) is 0 Å². The van der Waals surface area contributed by atoms with Crippen LogP contribution >= 0.6 is 15.9 Å². The standard InChI is InChI=1S/C12H23BrN2O2/c1-8(2)11(13)12(17)15-7-10(16)5-9(15)6-14(3)4/h8-11,16H,5-7H2,1-4H3. The largest absolute Gasteiger partial charge is 0.391 e. The molecule has 0 saturated carbocycles. The first kappa shape index (κ1) is 14.9. The Kier molecular flexibility index (Phi) is 5.41. The molecule has 4 nitrogen and oxygen atoms in total. The highest BCUT2D eigenvalue weighted by Gasteiger charge is 2.37. The van der Waals surface area contributed by atoms with Crippen LogP contribution in [-0.2, 0) is 4.79 Å². The number of aliphatic hydroxyl groups is 1. The molecule has 3 atom stereocenters. The lowest BCUT2D eigenvalue weighted by atomic mass is 10.1. The molecule has 0 bridgehead atoms. The molecule has 1 amide bonds. The fourth-order valence-electron chi connectivity index (χ4n) is 2.20. The van der Waals surface area contributed by atoms with Gasteiger partial charge in [-0.15, -0.1) is 0 Å². The number of carbonyl (C=O) groups is 1. The normalized spacial score (nSPS) is 26.9. The number of nitrogens with zero attached hydrogens (tertiary/aromatic N) is 2. The average Bonchev–Trinajstić information content (AvgIpc) is 2.56. The number of aliphatic hydroxyl groups excluding tert-OH is 1. The van der Waals surface area contributed by atoms with E-state index in [-0.39, 0.29) is 28.8 Å². The predicted molar refractivity (Wildman–Crippen MR) is 72.2 cm³/mol. The molecular formula is C12H23BrN2O2. The van der Waals surface area contributed by atoms with Crippen molar-refractivity contribution in [2.45, 2.75) is 37.2 Å². The summed E-state index contributed by atoms with van der Waals surface area (Å²) in [6.45, 7) is 5.31. The van der Waals surface area contributed by atoms with Gasteiger partial charge in [0.1, 0.15) is 0 Å².